The number of halogens is 3. The molecule has 1 aromatic heterocycles. The number of urea groups is 1. The molecule has 0 aliphatic carbocycles. The normalized spacial score (nSPS) is 14.9. The van der Waals surface area contributed by atoms with Crippen LogP contribution in [0.4, 0.5) is 19.3 Å². The number of hydrogen-bond acceptors (Lipinski definition) is 3. The third-order valence-corrected chi connectivity index (χ3v) is 4.69. The minimum Gasteiger partial charge on any atom is -0.325 e. The quantitative estimate of drug-likeness (QED) is 0.849. The lowest BCUT2D eigenvalue weighted by atomic mass is 10.1. The maximum absolute atomic E-state index is 13.4. The summed E-state index contributed by atoms with van der Waals surface area (Å²) in [6.07, 6.45) is 3.21. The van der Waals surface area contributed by atoms with Gasteiger partial charge in [0.1, 0.15) is 11.6 Å². The van der Waals surface area contributed by atoms with Gasteiger partial charge in [-0.2, -0.15) is 0 Å². The van der Waals surface area contributed by atoms with E-state index in [1.54, 1.807) is 11.9 Å². The van der Waals surface area contributed by atoms with Gasteiger partial charge in [-0.05, 0) is 44.1 Å². The number of benzene rings is 1. The predicted molar refractivity (Wildman–Crippen MR) is 97.3 cm³/mol. The van der Waals surface area contributed by atoms with E-state index < -0.39 is 11.6 Å². The molecule has 2 N–H and O–H groups in total. The fraction of sp³-hybridized carbons (Fsp3) is 0.333. The summed E-state index contributed by atoms with van der Waals surface area (Å²) in [6, 6.07) is 4.53. The lowest BCUT2D eigenvalue weighted by Gasteiger charge is -2.31. The summed E-state index contributed by atoms with van der Waals surface area (Å²) >= 11 is 6.20. The zero-order valence-corrected chi connectivity index (χ0v) is 15.0. The molecular weight excluding hydrogens is 362 g/mol. The molecule has 1 aliphatic rings. The molecule has 5 nitrogen and oxygen atoms in total. The van der Waals surface area contributed by atoms with Gasteiger partial charge in [-0.1, -0.05) is 11.6 Å². The van der Waals surface area contributed by atoms with Crippen molar-refractivity contribution >= 4 is 23.3 Å². The fourth-order valence-corrected chi connectivity index (χ4v) is 3.26. The van der Waals surface area contributed by atoms with Gasteiger partial charge in [-0.15, -0.1) is 0 Å². The molecule has 2 heterocycles. The van der Waals surface area contributed by atoms with Crippen molar-refractivity contribution < 1.29 is 13.6 Å². The number of pyridine rings is 1. The lowest BCUT2D eigenvalue weighted by molar-refractivity contribution is 0.189. The first-order valence-electron chi connectivity index (χ1n) is 8.30. The van der Waals surface area contributed by atoms with E-state index in [4.69, 9.17) is 11.6 Å². The van der Waals surface area contributed by atoms with Crippen LogP contribution >= 0.6 is 11.6 Å². The maximum atomic E-state index is 13.4. The smallest absolute Gasteiger partial charge is 0.321 e. The molecule has 0 radical (unpaired) electrons. The Balaban J connectivity index is 1.73. The highest BCUT2D eigenvalue weighted by molar-refractivity contribution is 6.33. The van der Waals surface area contributed by atoms with Gasteiger partial charge in [0.25, 0.3) is 0 Å². The van der Waals surface area contributed by atoms with Crippen LogP contribution in [0.15, 0.2) is 30.5 Å². The van der Waals surface area contributed by atoms with Crippen LogP contribution in [0.25, 0.3) is 11.3 Å². The average molecular weight is 381 g/mol. The van der Waals surface area contributed by atoms with Gasteiger partial charge in [0.05, 0.1) is 22.6 Å². The van der Waals surface area contributed by atoms with Crippen LogP contribution in [0, 0.1) is 11.6 Å². The number of amides is 2. The Bertz CT molecular complexity index is 792. The first-order valence-corrected chi connectivity index (χ1v) is 8.68. The molecule has 1 aromatic carbocycles. The summed E-state index contributed by atoms with van der Waals surface area (Å²) in [7, 11) is 1.75. The molecule has 2 aromatic rings. The molecule has 138 valence electrons. The minimum atomic E-state index is -0.709. The minimum absolute atomic E-state index is 0.175. The Morgan fingerprint density at radius 3 is 2.50 bits per heavy atom. The third-order valence-electron chi connectivity index (χ3n) is 4.41. The molecular formula is C18H19ClF2N4O. The van der Waals surface area contributed by atoms with Gasteiger partial charge in [0.15, 0.2) is 0 Å². The number of carbonyl (C=O) groups is 1. The van der Waals surface area contributed by atoms with Crippen molar-refractivity contribution in [2.24, 2.45) is 0 Å². The predicted octanol–water partition coefficient (Wildman–Crippen LogP) is 3.90. The van der Waals surface area contributed by atoms with Crippen LogP contribution in [0.2, 0.25) is 5.02 Å². The number of anilines is 1. The average Bonchev–Trinajstić information content (AvgIpc) is 2.61. The van der Waals surface area contributed by atoms with E-state index >= 15 is 0 Å². The van der Waals surface area contributed by atoms with Gasteiger partial charge < -0.3 is 15.5 Å². The largest absolute Gasteiger partial charge is 0.325 e. The molecule has 0 saturated carbocycles. The van der Waals surface area contributed by atoms with Gasteiger partial charge >= 0.3 is 6.03 Å². The Morgan fingerprint density at radius 1 is 1.23 bits per heavy atom. The van der Waals surface area contributed by atoms with E-state index in [1.807, 2.05) is 0 Å². The van der Waals surface area contributed by atoms with Crippen LogP contribution in [-0.4, -0.2) is 42.1 Å². The first-order chi connectivity index (χ1) is 12.4. The van der Waals surface area contributed by atoms with Crippen molar-refractivity contribution in [1.82, 2.24) is 15.2 Å². The summed E-state index contributed by atoms with van der Waals surface area (Å²) in [4.78, 5) is 18.2. The SMILES string of the molecule is CN(C(=O)Nc1cnc(-c2cc(F)cc(F)c2)c(Cl)c1)C1CCNCC1. The molecule has 3 rings (SSSR count). The van der Waals surface area contributed by atoms with E-state index in [0.717, 1.165) is 44.1 Å². The fourth-order valence-electron chi connectivity index (χ4n) is 2.98. The van der Waals surface area contributed by atoms with Crippen molar-refractivity contribution in [2.75, 3.05) is 25.5 Å². The lowest BCUT2D eigenvalue weighted by Crippen LogP contribution is -2.45. The van der Waals surface area contributed by atoms with Gasteiger partial charge in [-0.3, -0.25) is 4.98 Å². The van der Waals surface area contributed by atoms with Crippen LogP contribution in [-0.2, 0) is 0 Å². The summed E-state index contributed by atoms with van der Waals surface area (Å²) in [6.45, 7) is 1.77. The zero-order chi connectivity index (χ0) is 18.7. The zero-order valence-electron chi connectivity index (χ0n) is 14.2. The monoisotopic (exact) mass is 380 g/mol. The van der Waals surface area contributed by atoms with Crippen molar-refractivity contribution in [1.29, 1.82) is 0 Å². The van der Waals surface area contributed by atoms with E-state index in [-0.39, 0.29) is 28.4 Å². The molecule has 1 saturated heterocycles. The Labute approximate surface area is 155 Å². The first kappa shape index (κ1) is 18.5. The Kier molecular flexibility index (Phi) is 5.68. The van der Waals surface area contributed by atoms with Gasteiger partial charge in [0, 0.05) is 24.7 Å². The van der Waals surface area contributed by atoms with Gasteiger partial charge in [-0.25, -0.2) is 13.6 Å². The van der Waals surface area contributed by atoms with Crippen molar-refractivity contribution in [3.8, 4) is 11.3 Å². The van der Waals surface area contributed by atoms with Crippen LogP contribution in [0.3, 0.4) is 0 Å². The van der Waals surface area contributed by atoms with E-state index in [9.17, 15) is 13.6 Å². The highest BCUT2D eigenvalue weighted by atomic mass is 35.5. The number of hydrogen-bond donors (Lipinski definition) is 2. The standard InChI is InChI=1S/C18H19ClF2N4O/c1-25(15-2-4-22-5-3-15)18(26)24-14-9-16(19)17(23-10-14)11-6-12(20)8-13(21)7-11/h6-10,15,22H,2-5H2,1H3,(H,24,26). The summed E-state index contributed by atoms with van der Waals surface area (Å²) in [5.41, 5.74) is 0.897. The van der Waals surface area contributed by atoms with Crippen molar-refractivity contribution in [3.63, 3.8) is 0 Å². The molecule has 8 heteroatoms. The molecule has 0 atom stereocenters. The second-order valence-electron chi connectivity index (χ2n) is 6.23. The number of aromatic nitrogens is 1. The number of nitrogens with one attached hydrogen (secondary N) is 2. The van der Waals surface area contributed by atoms with E-state index in [1.165, 1.54) is 12.3 Å². The number of piperidine rings is 1. The molecule has 1 fully saturated rings. The van der Waals surface area contributed by atoms with E-state index in [0.29, 0.717) is 5.69 Å². The second kappa shape index (κ2) is 7.97. The Morgan fingerprint density at radius 2 is 1.88 bits per heavy atom. The van der Waals surface area contributed by atoms with Crippen molar-refractivity contribution in [2.45, 2.75) is 18.9 Å². The summed E-state index contributed by atoms with van der Waals surface area (Å²) < 4.78 is 26.8. The van der Waals surface area contributed by atoms with E-state index in [2.05, 4.69) is 15.6 Å². The van der Waals surface area contributed by atoms with Crippen LogP contribution < -0.4 is 10.6 Å². The summed E-state index contributed by atoms with van der Waals surface area (Å²) in [5, 5.41) is 6.20. The molecule has 0 bridgehead atoms. The molecule has 26 heavy (non-hydrogen) atoms. The van der Waals surface area contributed by atoms with Crippen molar-refractivity contribution in [3.05, 3.63) is 47.1 Å². The Hall–Kier alpha value is -2.25. The number of nitrogens with zero attached hydrogens (tertiary/aromatic N) is 2. The van der Waals surface area contributed by atoms with Crippen LogP contribution in [0.5, 0.6) is 0 Å². The molecule has 0 spiro atoms. The summed E-state index contributed by atoms with van der Waals surface area (Å²) in [5.74, 6) is -1.42. The van der Waals surface area contributed by atoms with Crippen LogP contribution in [0.1, 0.15) is 12.8 Å². The number of carbonyl (C=O) groups excluding carboxylic acids is 1. The number of rotatable bonds is 3. The highest BCUT2D eigenvalue weighted by Gasteiger charge is 2.22. The highest BCUT2D eigenvalue weighted by Crippen LogP contribution is 2.29. The second-order valence-corrected chi connectivity index (χ2v) is 6.64. The molecule has 1 aliphatic heterocycles. The third kappa shape index (κ3) is 4.28. The maximum Gasteiger partial charge on any atom is 0.321 e. The topological polar surface area (TPSA) is 57.3 Å². The van der Waals surface area contributed by atoms with Gasteiger partial charge in [0.2, 0.25) is 0 Å². The molecule has 0 unspecified atom stereocenters. The molecule has 2 amide bonds.